The largest absolute Gasteiger partial charge is 0.379 e. The van der Waals surface area contributed by atoms with Crippen molar-refractivity contribution in [2.75, 3.05) is 13.7 Å². The van der Waals surface area contributed by atoms with Gasteiger partial charge in [0.1, 0.15) is 0 Å². The highest BCUT2D eigenvalue weighted by Crippen LogP contribution is 2.19. The molecular formula is C15H33NO. The molecule has 1 N–H and O–H groups in total. The van der Waals surface area contributed by atoms with Gasteiger partial charge in [0.2, 0.25) is 0 Å². The van der Waals surface area contributed by atoms with E-state index >= 15 is 0 Å². The summed E-state index contributed by atoms with van der Waals surface area (Å²) in [5.41, 5.74) is -0.0107. The summed E-state index contributed by atoms with van der Waals surface area (Å²) in [5, 5.41) is 3.65. The molecule has 104 valence electrons. The van der Waals surface area contributed by atoms with Crippen LogP contribution < -0.4 is 5.32 Å². The van der Waals surface area contributed by atoms with Gasteiger partial charge in [-0.3, -0.25) is 0 Å². The zero-order valence-corrected chi connectivity index (χ0v) is 12.8. The predicted octanol–water partition coefficient (Wildman–Crippen LogP) is 4.00. The highest BCUT2D eigenvalue weighted by atomic mass is 16.5. The van der Waals surface area contributed by atoms with Gasteiger partial charge in [-0.1, -0.05) is 33.6 Å². The van der Waals surface area contributed by atoms with E-state index in [0.717, 1.165) is 18.9 Å². The summed E-state index contributed by atoms with van der Waals surface area (Å²) in [6, 6.07) is 0.601. The van der Waals surface area contributed by atoms with Gasteiger partial charge < -0.3 is 10.1 Å². The van der Waals surface area contributed by atoms with Crippen LogP contribution in [0.15, 0.2) is 0 Å². The van der Waals surface area contributed by atoms with Gasteiger partial charge >= 0.3 is 0 Å². The van der Waals surface area contributed by atoms with Gasteiger partial charge in [0.15, 0.2) is 0 Å². The summed E-state index contributed by atoms with van der Waals surface area (Å²) in [5.74, 6) is 0.817. The monoisotopic (exact) mass is 243 g/mol. The summed E-state index contributed by atoms with van der Waals surface area (Å²) in [7, 11) is 1.81. The van der Waals surface area contributed by atoms with Crippen molar-refractivity contribution >= 4 is 0 Å². The molecule has 0 radical (unpaired) electrons. The fourth-order valence-corrected chi connectivity index (χ4v) is 2.07. The summed E-state index contributed by atoms with van der Waals surface area (Å²) >= 11 is 0. The average Bonchev–Trinajstić information content (AvgIpc) is 2.25. The Morgan fingerprint density at radius 1 is 1.18 bits per heavy atom. The molecule has 0 spiro atoms. The van der Waals surface area contributed by atoms with Crippen molar-refractivity contribution < 1.29 is 4.74 Å². The van der Waals surface area contributed by atoms with Gasteiger partial charge in [-0.15, -0.1) is 0 Å². The fraction of sp³-hybridized carbons (Fsp3) is 1.00. The van der Waals surface area contributed by atoms with Crippen molar-refractivity contribution in [1.82, 2.24) is 5.32 Å². The van der Waals surface area contributed by atoms with Gasteiger partial charge in [-0.05, 0) is 45.6 Å². The maximum Gasteiger partial charge on any atom is 0.0637 e. The van der Waals surface area contributed by atoms with Crippen LogP contribution in [0.1, 0.15) is 66.7 Å². The van der Waals surface area contributed by atoms with Crippen LogP contribution in [0.4, 0.5) is 0 Å². The van der Waals surface area contributed by atoms with Crippen molar-refractivity contribution in [2.45, 2.75) is 78.4 Å². The molecule has 0 saturated heterocycles. The van der Waals surface area contributed by atoms with E-state index in [1.54, 1.807) is 0 Å². The van der Waals surface area contributed by atoms with Crippen molar-refractivity contribution in [1.29, 1.82) is 0 Å². The first kappa shape index (κ1) is 16.9. The molecule has 2 heteroatoms. The van der Waals surface area contributed by atoms with Crippen LogP contribution in [0.25, 0.3) is 0 Å². The molecule has 0 aliphatic carbocycles. The van der Waals surface area contributed by atoms with Gasteiger partial charge in [-0.25, -0.2) is 0 Å². The van der Waals surface area contributed by atoms with Crippen LogP contribution in [-0.2, 0) is 4.74 Å². The Morgan fingerprint density at radius 3 is 2.29 bits per heavy atom. The molecular weight excluding hydrogens is 210 g/mol. The molecule has 0 aromatic heterocycles. The number of methoxy groups -OCH3 is 1. The summed E-state index contributed by atoms with van der Waals surface area (Å²) in [6.07, 6.45) is 6.22. The maximum atomic E-state index is 5.54. The minimum absolute atomic E-state index is 0.0107. The van der Waals surface area contributed by atoms with Crippen LogP contribution in [0.5, 0.6) is 0 Å². The molecule has 0 aromatic carbocycles. The molecule has 0 bridgehead atoms. The van der Waals surface area contributed by atoms with E-state index in [-0.39, 0.29) is 5.60 Å². The number of rotatable bonds is 10. The highest BCUT2D eigenvalue weighted by molar-refractivity contribution is 4.78. The maximum absolute atomic E-state index is 5.54. The Bertz CT molecular complexity index is 178. The van der Waals surface area contributed by atoms with Crippen molar-refractivity contribution in [3.8, 4) is 0 Å². The number of nitrogens with one attached hydrogen (secondary N) is 1. The van der Waals surface area contributed by atoms with Crippen LogP contribution in [0.3, 0.4) is 0 Å². The van der Waals surface area contributed by atoms with E-state index in [1.165, 1.54) is 25.7 Å². The van der Waals surface area contributed by atoms with E-state index in [0.29, 0.717) is 6.04 Å². The van der Waals surface area contributed by atoms with E-state index < -0.39 is 0 Å². The molecule has 0 aliphatic rings. The number of ether oxygens (including phenoxy) is 1. The lowest BCUT2D eigenvalue weighted by atomic mass is 9.93. The van der Waals surface area contributed by atoms with E-state index in [1.807, 2.05) is 7.11 Å². The predicted molar refractivity (Wildman–Crippen MR) is 76.5 cm³/mol. The molecule has 0 amide bonds. The Labute approximate surface area is 109 Å². The molecule has 0 aliphatic heterocycles. The third-order valence-electron chi connectivity index (χ3n) is 3.31. The lowest BCUT2D eigenvalue weighted by Crippen LogP contribution is -2.38. The summed E-state index contributed by atoms with van der Waals surface area (Å²) < 4.78 is 5.54. The molecule has 0 aromatic rings. The number of hydrogen-bond acceptors (Lipinski definition) is 2. The normalized spacial score (nSPS) is 14.3. The van der Waals surface area contributed by atoms with Gasteiger partial charge in [0.05, 0.1) is 5.60 Å². The molecule has 0 saturated carbocycles. The van der Waals surface area contributed by atoms with E-state index in [9.17, 15) is 0 Å². The van der Waals surface area contributed by atoms with Gasteiger partial charge in [0, 0.05) is 13.2 Å². The molecule has 1 atom stereocenters. The third kappa shape index (κ3) is 9.61. The van der Waals surface area contributed by atoms with Crippen LogP contribution in [-0.4, -0.2) is 25.3 Å². The first-order chi connectivity index (χ1) is 7.91. The van der Waals surface area contributed by atoms with Crippen LogP contribution in [0.2, 0.25) is 0 Å². The van der Waals surface area contributed by atoms with Crippen LogP contribution in [0, 0.1) is 5.92 Å². The molecule has 0 heterocycles. The molecule has 17 heavy (non-hydrogen) atoms. The zero-order valence-electron chi connectivity index (χ0n) is 12.8. The second-order valence-corrected chi connectivity index (χ2v) is 6.14. The second kappa shape index (κ2) is 8.93. The number of hydrogen-bond donors (Lipinski definition) is 1. The van der Waals surface area contributed by atoms with Crippen LogP contribution >= 0.6 is 0 Å². The molecule has 0 fully saturated rings. The summed E-state index contributed by atoms with van der Waals surface area (Å²) in [4.78, 5) is 0. The second-order valence-electron chi connectivity index (χ2n) is 6.14. The summed E-state index contributed by atoms with van der Waals surface area (Å²) in [6.45, 7) is 12.3. The minimum Gasteiger partial charge on any atom is -0.379 e. The van der Waals surface area contributed by atoms with Crippen molar-refractivity contribution in [3.63, 3.8) is 0 Å². The van der Waals surface area contributed by atoms with E-state index in [2.05, 4.69) is 39.9 Å². The molecule has 1 unspecified atom stereocenters. The fourth-order valence-electron chi connectivity index (χ4n) is 2.07. The quantitative estimate of drug-likeness (QED) is 0.626. The van der Waals surface area contributed by atoms with Gasteiger partial charge in [-0.2, -0.15) is 0 Å². The SMILES string of the molecule is CCCNC(CCCC(C)C)CC(C)(C)OC. The highest BCUT2D eigenvalue weighted by Gasteiger charge is 2.22. The Kier molecular flexibility index (Phi) is 8.89. The lowest BCUT2D eigenvalue weighted by Gasteiger charge is -2.29. The Hall–Kier alpha value is -0.0800. The first-order valence-electron chi connectivity index (χ1n) is 7.19. The first-order valence-corrected chi connectivity index (χ1v) is 7.19. The van der Waals surface area contributed by atoms with Crippen molar-refractivity contribution in [3.05, 3.63) is 0 Å². The third-order valence-corrected chi connectivity index (χ3v) is 3.31. The average molecular weight is 243 g/mol. The standard InChI is InChI=1S/C15H33NO/c1-7-11-16-14(10-8-9-13(2)3)12-15(4,5)17-6/h13-14,16H,7-12H2,1-6H3. The molecule has 2 nitrogen and oxygen atoms in total. The van der Waals surface area contributed by atoms with E-state index in [4.69, 9.17) is 4.74 Å². The minimum atomic E-state index is -0.0107. The van der Waals surface area contributed by atoms with Gasteiger partial charge in [0.25, 0.3) is 0 Å². The topological polar surface area (TPSA) is 21.3 Å². The zero-order chi connectivity index (χ0) is 13.3. The van der Waals surface area contributed by atoms with Crippen molar-refractivity contribution in [2.24, 2.45) is 5.92 Å². The Balaban J connectivity index is 4.04. The molecule has 0 rings (SSSR count). The Morgan fingerprint density at radius 2 is 1.82 bits per heavy atom. The smallest absolute Gasteiger partial charge is 0.0637 e. The lowest BCUT2D eigenvalue weighted by molar-refractivity contribution is 0.00615.